The molecule has 0 unspecified atom stereocenters. The number of oxazole rings is 1. The van der Waals surface area contributed by atoms with Crippen LogP contribution in [0.4, 0.5) is 0 Å². The summed E-state index contributed by atoms with van der Waals surface area (Å²) in [4.78, 5) is 11.7. The first-order valence-electron chi connectivity index (χ1n) is 8.81. The van der Waals surface area contributed by atoms with Gasteiger partial charge in [-0.1, -0.05) is 17.7 Å². The Morgan fingerprint density at radius 3 is 2.71 bits per heavy atom. The summed E-state index contributed by atoms with van der Waals surface area (Å²) in [6, 6.07) is 8.23. The lowest BCUT2D eigenvalue weighted by atomic mass is 10.1. The minimum Gasteiger partial charge on any atom is -0.444 e. The van der Waals surface area contributed by atoms with Crippen molar-refractivity contribution in [3.63, 3.8) is 0 Å². The van der Waals surface area contributed by atoms with E-state index in [2.05, 4.69) is 41.2 Å². The van der Waals surface area contributed by atoms with Crippen molar-refractivity contribution in [2.45, 2.75) is 33.1 Å². The van der Waals surface area contributed by atoms with E-state index in [-0.39, 0.29) is 0 Å². The first-order valence-corrected chi connectivity index (χ1v) is 8.81. The molecule has 0 radical (unpaired) electrons. The Bertz CT molecular complexity index is 669. The van der Waals surface area contributed by atoms with Gasteiger partial charge >= 0.3 is 0 Å². The Kier molecular flexibility index (Phi) is 5.51. The number of aryl methyl sites for hydroxylation is 1. The van der Waals surface area contributed by atoms with Gasteiger partial charge in [0.05, 0.1) is 5.69 Å². The van der Waals surface area contributed by atoms with Crippen LogP contribution in [0.15, 0.2) is 39.9 Å². The highest BCUT2D eigenvalue weighted by molar-refractivity contribution is 5.80. The molecule has 0 aliphatic carbocycles. The molecule has 0 saturated carbocycles. The van der Waals surface area contributed by atoms with Crippen molar-refractivity contribution in [2.75, 3.05) is 26.2 Å². The summed E-state index contributed by atoms with van der Waals surface area (Å²) in [5.74, 6) is 1.71. The van der Waals surface area contributed by atoms with Crippen LogP contribution in [0.5, 0.6) is 0 Å². The standard InChI is InChI=1S/C19H26N4O/c1-3-20-19(23-12-4-5-13-23)21-11-10-17-14-24-18(22-17)16-8-6-15(2)7-9-16/h6-9,14H,3-5,10-13H2,1-2H3,(H,20,21). The largest absolute Gasteiger partial charge is 0.444 e. The molecule has 1 fully saturated rings. The first-order chi connectivity index (χ1) is 11.8. The van der Waals surface area contributed by atoms with Crippen molar-refractivity contribution in [2.24, 2.45) is 4.99 Å². The fraction of sp³-hybridized carbons (Fsp3) is 0.474. The first kappa shape index (κ1) is 16.6. The average Bonchev–Trinajstić information content (AvgIpc) is 3.27. The minimum atomic E-state index is 0.681. The molecule has 3 rings (SSSR count). The van der Waals surface area contributed by atoms with Crippen LogP contribution in [0.3, 0.4) is 0 Å². The van der Waals surface area contributed by atoms with Gasteiger partial charge in [0.1, 0.15) is 6.26 Å². The van der Waals surface area contributed by atoms with Crippen molar-refractivity contribution in [1.82, 2.24) is 15.2 Å². The molecular weight excluding hydrogens is 300 g/mol. The van der Waals surface area contributed by atoms with E-state index in [4.69, 9.17) is 9.41 Å². The lowest BCUT2D eigenvalue weighted by Crippen LogP contribution is -2.39. The number of guanidine groups is 1. The minimum absolute atomic E-state index is 0.681. The SMILES string of the molecule is CCNC(=NCCc1coc(-c2ccc(C)cc2)n1)N1CCCC1. The Morgan fingerprint density at radius 2 is 2.00 bits per heavy atom. The number of rotatable bonds is 5. The van der Waals surface area contributed by atoms with E-state index < -0.39 is 0 Å². The van der Waals surface area contributed by atoms with Gasteiger partial charge in [0.15, 0.2) is 5.96 Å². The lowest BCUT2D eigenvalue weighted by Gasteiger charge is -2.20. The Labute approximate surface area is 143 Å². The van der Waals surface area contributed by atoms with E-state index in [0.717, 1.165) is 49.8 Å². The summed E-state index contributed by atoms with van der Waals surface area (Å²) in [6.07, 6.45) is 5.05. The van der Waals surface area contributed by atoms with Gasteiger partial charge < -0.3 is 14.6 Å². The molecule has 0 bridgehead atoms. The maximum Gasteiger partial charge on any atom is 0.226 e. The second-order valence-electron chi connectivity index (χ2n) is 6.19. The van der Waals surface area contributed by atoms with E-state index in [9.17, 15) is 0 Å². The zero-order valence-corrected chi connectivity index (χ0v) is 14.6. The van der Waals surface area contributed by atoms with Crippen LogP contribution in [0.1, 0.15) is 31.0 Å². The number of likely N-dealkylation sites (tertiary alicyclic amines) is 1. The number of nitrogens with one attached hydrogen (secondary N) is 1. The molecule has 0 spiro atoms. The molecule has 5 heteroatoms. The van der Waals surface area contributed by atoms with Crippen LogP contribution in [0, 0.1) is 6.92 Å². The van der Waals surface area contributed by atoms with E-state index >= 15 is 0 Å². The van der Waals surface area contributed by atoms with Gasteiger partial charge in [-0.2, -0.15) is 0 Å². The molecule has 128 valence electrons. The van der Waals surface area contributed by atoms with Crippen molar-refractivity contribution < 1.29 is 4.42 Å². The predicted octanol–water partition coefficient (Wildman–Crippen LogP) is 3.25. The predicted molar refractivity (Wildman–Crippen MR) is 97.2 cm³/mol. The van der Waals surface area contributed by atoms with E-state index in [1.54, 1.807) is 6.26 Å². The molecule has 1 N–H and O–H groups in total. The van der Waals surface area contributed by atoms with Gasteiger partial charge in [0.2, 0.25) is 5.89 Å². The van der Waals surface area contributed by atoms with Crippen LogP contribution >= 0.6 is 0 Å². The van der Waals surface area contributed by atoms with Crippen LogP contribution in [0.25, 0.3) is 11.5 Å². The van der Waals surface area contributed by atoms with Crippen LogP contribution in [0.2, 0.25) is 0 Å². The number of hydrogen-bond acceptors (Lipinski definition) is 3. The second kappa shape index (κ2) is 7.99. The molecule has 0 atom stereocenters. The van der Waals surface area contributed by atoms with Crippen molar-refractivity contribution in [3.8, 4) is 11.5 Å². The van der Waals surface area contributed by atoms with Gasteiger partial charge in [-0.25, -0.2) is 4.98 Å². The highest BCUT2D eigenvalue weighted by Crippen LogP contribution is 2.19. The monoisotopic (exact) mass is 326 g/mol. The van der Waals surface area contributed by atoms with E-state index in [1.165, 1.54) is 18.4 Å². The zero-order valence-electron chi connectivity index (χ0n) is 14.6. The van der Waals surface area contributed by atoms with Crippen LogP contribution in [-0.2, 0) is 6.42 Å². The van der Waals surface area contributed by atoms with Crippen LogP contribution < -0.4 is 5.32 Å². The summed E-state index contributed by atoms with van der Waals surface area (Å²) >= 11 is 0. The van der Waals surface area contributed by atoms with Gasteiger partial charge in [-0.15, -0.1) is 0 Å². The molecule has 5 nitrogen and oxygen atoms in total. The normalized spacial score (nSPS) is 15.1. The summed E-state index contributed by atoms with van der Waals surface area (Å²) in [7, 11) is 0. The smallest absolute Gasteiger partial charge is 0.226 e. The molecule has 1 saturated heterocycles. The Morgan fingerprint density at radius 1 is 1.25 bits per heavy atom. The molecule has 1 aromatic carbocycles. The molecule has 1 aliphatic heterocycles. The number of nitrogens with zero attached hydrogens (tertiary/aromatic N) is 3. The number of hydrogen-bond donors (Lipinski definition) is 1. The fourth-order valence-electron chi connectivity index (χ4n) is 2.88. The topological polar surface area (TPSA) is 53.7 Å². The fourth-order valence-corrected chi connectivity index (χ4v) is 2.88. The molecule has 2 aromatic rings. The molecule has 0 amide bonds. The highest BCUT2D eigenvalue weighted by atomic mass is 16.3. The van der Waals surface area contributed by atoms with Gasteiger partial charge in [0.25, 0.3) is 0 Å². The third-order valence-electron chi connectivity index (χ3n) is 4.22. The van der Waals surface area contributed by atoms with Gasteiger partial charge in [0, 0.05) is 38.2 Å². The molecule has 24 heavy (non-hydrogen) atoms. The number of benzene rings is 1. The van der Waals surface area contributed by atoms with Gasteiger partial charge in [-0.05, 0) is 38.8 Å². The maximum absolute atomic E-state index is 5.61. The van der Waals surface area contributed by atoms with Crippen molar-refractivity contribution in [1.29, 1.82) is 0 Å². The average molecular weight is 326 g/mol. The van der Waals surface area contributed by atoms with Crippen molar-refractivity contribution in [3.05, 3.63) is 41.8 Å². The van der Waals surface area contributed by atoms with Gasteiger partial charge in [-0.3, -0.25) is 4.99 Å². The molecular formula is C19H26N4O. The highest BCUT2D eigenvalue weighted by Gasteiger charge is 2.15. The molecule has 2 heterocycles. The second-order valence-corrected chi connectivity index (χ2v) is 6.19. The number of aliphatic imine (C=N–C) groups is 1. The van der Waals surface area contributed by atoms with E-state index in [0.29, 0.717) is 5.89 Å². The third kappa shape index (κ3) is 4.16. The Balaban J connectivity index is 1.60. The lowest BCUT2D eigenvalue weighted by molar-refractivity contribution is 0.494. The summed E-state index contributed by atoms with van der Waals surface area (Å²) in [5, 5.41) is 3.38. The maximum atomic E-state index is 5.61. The molecule has 1 aromatic heterocycles. The van der Waals surface area contributed by atoms with Crippen molar-refractivity contribution >= 4 is 5.96 Å². The number of aromatic nitrogens is 1. The van der Waals surface area contributed by atoms with E-state index in [1.807, 2.05) is 12.1 Å². The third-order valence-corrected chi connectivity index (χ3v) is 4.22. The summed E-state index contributed by atoms with van der Waals surface area (Å²) in [5.41, 5.74) is 3.20. The Hall–Kier alpha value is -2.30. The van der Waals surface area contributed by atoms with Crippen LogP contribution in [-0.4, -0.2) is 42.0 Å². The zero-order chi connectivity index (χ0) is 16.8. The quantitative estimate of drug-likeness (QED) is 0.677. The summed E-state index contributed by atoms with van der Waals surface area (Å²) < 4.78 is 5.61. The summed E-state index contributed by atoms with van der Waals surface area (Å²) in [6.45, 7) is 8.01. The molecule has 1 aliphatic rings.